The van der Waals surface area contributed by atoms with Gasteiger partial charge in [-0.05, 0) is 0 Å². The lowest BCUT2D eigenvalue weighted by atomic mass is 10.00. The molecule has 110 valence electrons. The Morgan fingerprint density at radius 3 is 2.57 bits per heavy atom. The molecule has 1 amide bonds. The number of carboxylic acids is 1. The first kappa shape index (κ1) is 13.8. The highest BCUT2D eigenvalue weighted by atomic mass is 16.5. The zero-order valence-corrected chi connectivity index (χ0v) is 11.5. The summed E-state index contributed by atoms with van der Waals surface area (Å²) in [6.45, 7) is 0.628. The van der Waals surface area contributed by atoms with Crippen LogP contribution >= 0.6 is 0 Å². The van der Waals surface area contributed by atoms with Crippen LogP contribution in [0.2, 0.25) is 0 Å². The van der Waals surface area contributed by atoms with Gasteiger partial charge in [-0.3, -0.25) is 14.6 Å². The predicted octanol–water partition coefficient (Wildman–Crippen LogP) is 0.909. The number of nitrogens with zero attached hydrogens (tertiary/aromatic N) is 2. The van der Waals surface area contributed by atoms with E-state index in [4.69, 9.17) is 9.84 Å². The number of hydrogen-bond donors (Lipinski definition) is 1. The van der Waals surface area contributed by atoms with Crippen LogP contribution in [0, 0.1) is 0 Å². The van der Waals surface area contributed by atoms with E-state index in [2.05, 4.69) is 4.99 Å². The number of benzene rings is 1. The molecule has 1 aromatic carbocycles. The molecule has 2 aliphatic heterocycles. The summed E-state index contributed by atoms with van der Waals surface area (Å²) in [6.07, 6.45) is 1.06. The summed E-state index contributed by atoms with van der Waals surface area (Å²) in [5, 5.41) is 9.09. The highest BCUT2D eigenvalue weighted by Crippen LogP contribution is 2.35. The van der Waals surface area contributed by atoms with Crippen LogP contribution in [0.15, 0.2) is 35.3 Å². The van der Waals surface area contributed by atoms with Crippen LogP contribution in [-0.2, 0) is 14.3 Å². The topological polar surface area (TPSA) is 79.2 Å². The van der Waals surface area contributed by atoms with Crippen LogP contribution in [0.25, 0.3) is 0 Å². The molecule has 1 fully saturated rings. The Morgan fingerprint density at radius 1 is 1.29 bits per heavy atom. The Bertz CT molecular complexity index is 591. The lowest BCUT2D eigenvalue weighted by Gasteiger charge is -2.38. The minimum Gasteiger partial charge on any atom is -0.480 e. The van der Waals surface area contributed by atoms with E-state index in [0.717, 1.165) is 5.56 Å². The second-order valence-corrected chi connectivity index (χ2v) is 5.21. The Morgan fingerprint density at radius 2 is 1.95 bits per heavy atom. The van der Waals surface area contributed by atoms with Crippen molar-refractivity contribution in [3.8, 4) is 0 Å². The molecule has 0 atom stereocenters. The van der Waals surface area contributed by atoms with E-state index in [1.54, 1.807) is 0 Å². The first-order chi connectivity index (χ1) is 10.1. The largest absolute Gasteiger partial charge is 0.480 e. The van der Waals surface area contributed by atoms with Crippen LogP contribution in [0.4, 0.5) is 0 Å². The van der Waals surface area contributed by atoms with Gasteiger partial charge in [0, 0.05) is 18.4 Å². The summed E-state index contributed by atoms with van der Waals surface area (Å²) in [5.41, 5.74) is 0.304. The van der Waals surface area contributed by atoms with E-state index in [0.29, 0.717) is 31.8 Å². The second kappa shape index (κ2) is 5.29. The van der Waals surface area contributed by atoms with Crippen molar-refractivity contribution in [2.24, 2.45) is 4.99 Å². The van der Waals surface area contributed by atoms with E-state index in [-0.39, 0.29) is 12.5 Å². The van der Waals surface area contributed by atoms with E-state index in [1.807, 2.05) is 30.3 Å². The van der Waals surface area contributed by atoms with Crippen molar-refractivity contribution in [3.05, 3.63) is 35.9 Å². The standard InChI is InChI=1S/C15H16N2O4/c18-12(19)10-17-14(20)13(11-4-2-1-3-5-11)16-15(17)6-8-21-9-7-15/h1-5H,6-10H2,(H,18,19). The van der Waals surface area contributed by atoms with Crippen molar-refractivity contribution < 1.29 is 19.4 Å². The lowest BCUT2D eigenvalue weighted by molar-refractivity contribution is -0.147. The van der Waals surface area contributed by atoms with Gasteiger partial charge in [-0.1, -0.05) is 30.3 Å². The molecule has 2 aliphatic rings. The zero-order chi connectivity index (χ0) is 14.9. The SMILES string of the molecule is O=C(O)CN1C(=O)C(c2ccccc2)=NC12CCOCC2. The fraction of sp³-hybridized carbons (Fsp3) is 0.400. The van der Waals surface area contributed by atoms with Gasteiger partial charge in [-0.15, -0.1) is 0 Å². The normalized spacial score (nSPS) is 20.7. The quantitative estimate of drug-likeness (QED) is 0.896. The number of ether oxygens (including phenoxy) is 1. The van der Waals surface area contributed by atoms with Gasteiger partial charge in [-0.25, -0.2) is 0 Å². The Hall–Kier alpha value is -2.21. The van der Waals surface area contributed by atoms with Crippen molar-refractivity contribution >= 4 is 17.6 Å². The van der Waals surface area contributed by atoms with Gasteiger partial charge < -0.3 is 14.7 Å². The first-order valence-electron chi connectivity index (χ1n) is 6.89. The Labute approximate surface area is 122 Å². The molecule has 0 saturated carbocycles. The van der Waals surface area contributed by atoms with Crippen molar-refractivity contribution in [3.63, 3.8) is 0 Å². The van der Waals surface area contributed by atoms with Crippen molar-refractivity contribution in [1.29, 1.82) is 0 Å². The summed E-state index contributed by atoms with van der Waals surface area (Å²) < 4.78 is 5.33. The van der Waals surface area contributed by atoms with Gasteiger partial charge in [0.05, 0.1) is 13.2 Å². The van der Waals surface area contributed by atoms with Gasteiger partial charge in [0.2, 0.25) is 0 Å². The average Bonchev–Trinajstić information content (AvgIpc) is 2.75. The van der Waals surface area contributed by atoms with Crippen LogP contribution in [0.1, 0.15) is 18.4 Å². The maximum Gasteiger partial charge on any atom is 0.323 e. The molecule has 2 heterocycles. The number of rotatable bonds is 3. The molecule has 1 aromatic rings. The maximum absolute atomic E-state index is 12.6. The summed E-state index contributed by atoms with van der Waals surface area (Å²) in [4.78, 5) is 29.7. The van der Waals surface area contributed by atoms with E-state index >= 15 is 0 Å². The van der Waals surface area contributed by atoms with Crippen LogP contribution in [0.3, 0.4) is 0 Å². The molecule has 0 radical (unpaired) electrons. The molecule has 0 aromatic heterocycles. The minimum absolute atomic E-state index is 0.314. The highest BCUT2D eigenvalue weighted by Gasteiger charge is 2.48. The van der Waals surface area contributed by atoms with E-state index in [9.17, 15) is 9.59 Å². The number of carbonyl (C=O) groups excluding carboxylic acids is 1. The number of carboxylic acid groups (broad SMARTS) is 1. The first-order valence-corrected chi connectivity index (χ1v) is 6.89. The van der Waals surface area contributed by atoms with Crippen molar-refractivity contribution in [2.45, 2.75) is 18.5 Å². The molecule has 0 unspecified atom stereocenters. The molecule has 0 aliphatic carbocycles. The highest BCUT2D eigenvalue weighted by molar-refractivity contribution is 6.47. The maximum atomic E-state index is 12.6. The van der Waals surface area contributed by atoms with Gasteiger partial charge in [0.15, 0.2) is 0 Å². The number of carbonyl (C=O) groups is 2. The minimum atomic E-state index is -1.03. The van der Waals surface area contributed by atoms with Crippen LogP contribution in [-0.4, -0.2) is 53.0 Å². The molecule has 21 heavy (non-hydrogen) atoms. The Balaban J connectivity index is 2.00. The van der Waals surface area contributed by atoms with E-state index in [1.165, 1.54) is 4.90 Å². The lowest BCUT2D eigenvalue weighted by Crippen LogP contribution is -2.52. The van der Waals surface area contributed by atoms with Crippen molar-refractivity contribution in [2.75, 3.05) is 19.8 Å². The third kappa shape index (κ3) is 2.42. The summed E-state index contributed by atoms with van der Waals surface area (Å²) >= 11 is 0. The van der Waals surface area contributed by atoms with Gasteiger partial charge >= 0.3 is 5.97 Å². The van der Waals surface area contributed by atoms with Gasteiger partial charge in [-0.2, -0.15) is 0 Å². The molecule has 1 spiro atoms. The summed E-state index contributed by atoms with van der Waals surface area (Å²) in [6, 6.07) is 9.16. The smallest absolute Gasteiger partial charge is 0.323 e. The van der Waals surface area contributed by atoms with Crippen LogP contribution < -0.4 is 0 Å². The number of aliphatic carboxylic acids is 1. The number of amides is 1. The van der Waals surface area contributed by atoms with Gasteiger partial charge in [0.25, 0.3) is 5.91 Å². The van der Waals surface area contributed by atoms with Crippen LogP contribution in [0.5, 0.6) is 0 Å². The number of hydrogen-bond acceptors (Lipinski definition) is 4. The van der Waals surface area contributed by atoms with Gasteiger partial charge in [0.1, 0.15) is 17.9 Å². The zero-order valence-electron chi connectivity index (χ0n) is 11.5. The molecule has 6 nitrogen and oxygen atoms in total. The molecule has 6 heteroatoms. The monoisotopic (exact) mass is 288 g/mol. The predicted molar refractivity (Wildman–Crippen MR) is 75.1 cm³/mol. The van der Waals surface area contributed by atoms with Crippen molar-refractivity contribution in [1.82, 2.24) is 4.90 Å². The Kier molecular flexibility index (Phi) is 3.47. The molecular weight excluding hydrogens is 272 g/mol. The van der Waals surface area contributed by atoms with E-state index < -0.39 is 11.6 Å². The number of aliphatic imine (C=N–C) groups is 1. The summed E-state index contributed by atoms with van der Waals surface area (Å²) in [7, 11) is 0. The molecule has 1 saturated heterocycles. The third-order valence-corrected chi connectivity index (χ3v) is 3.90. The molecule has 1 N–H and O–H groups in total. The average molecular weight is 288 g/mol. The molecular formula is C15H16N2O4. The fourth-order valence-electron chi connectivity index (χ4n) is 2.85. The second-order valence-electron chi connectivity index (χ2n) is 5.21. The summed E-state index contributed by atoms with van der Waals surface area (Å²) in [5.74, 6) is -1.34. The fourth-order valence-corrected chi connectivity index (χ4v) is 2.85. The molecule has 0 bridgehead atoms. The third-order valence-electron chi connectivity index (χ3n) is 3.90. The molecule has 3 rings (SSSR count).